The molecule has 1 amide bonds. The summed E-state index contributed by atoms with van der Waals surface area (Å²) in [5.41, 5.74) is 4.43. The van der Waals surface area contributed by atoms with Gasteiger partial charge in [0.25, 0.3) is 0 Å². The molecular formula is C18H25ClN4O2. The molecule has 136 valence electrons. The van der Waals surface area contributed by atoms with Gasteiger partial charge in [-0.1, -0.05) is 24.3 Å². The topological polar surface area (TPSA) is 68.2 Å². The smallest absolute Gasteiger partial charge is 0.239 e. The van der Waals surface area contributed by atoms with Crippen LogP contribution in [-0.4, -0.2) is 41.5 Å². The van der Waals surface area contributed by atoms with Crippen LogP contribution in [0, 0.1) is 13.8 Å². The lowest BCUT2D eigenvalue weighted by Gasteiger charge is -2.22. The molecule has 7 heteroatoms. The van der Waals surface area contributed by atoms with E-state index in [-0.39, 0.29) is 24.4 Å². The van der Waals surface area contributed by atoms with Gasteiger partial charge in [0.2, 0.25) is 5.91 Å². The molecule has 2 N–H and O–H groups in total. The molecule has 1 unspecified atom stereocenters. The zero-order valence-corrected chi connectivity index (χ0v) is 15.4. The first-order chi connectivity index (χ1) is 11.6. The molecule has 1 aromatic carbocycles. The Morgan fingerprint density at radius 2 is 2.16 bits per heavy atom. The molecule has 6 nitrogen and oxygen atoms in total. The summed E-state index contributed by atoms with van der Waals surface area (Å²) in [4.78, 5) is 12.1. The number of halogens is 1. The highest BCUT2D eigenvalue weighted by Gasteiger charge is 2.20. The Hall–Kier alpha value is -1.89. The number of nitrogens with zero attached hydrogens (tertiary/aromatic N) is 2. The lowest BCUT2D eigenvalue weighted by molar-refractivity contribution is -0.126. The van der Waals surface area contributed by atoms with Crippen molar-refractivity contribution in [2.24, 2.45) is 0 Å². The first kappa shape index (κ1) is 19.4. The number of amides is 1. The Kier molecular flexibility index (Phi) is 6.99. The molecule has 1 saturated heterocycles. The van der Waals surface area contributed by atoms with Crippen LogP contribution in [0.2, 0.25) is 0 Å². The maximum absolute atomic E-state index is 12.1. The van der Waals surface area contributed by atoms with Gasteiger partial charge in [0, 0.05) is 18.8 Å². The molecule has 1 atom stereocenters. The molecule has 1 aliphatic rings. The number of hydrogen-bond donors (Lipinski definition) is 2. The van der Waals surface area contributed by atoms with Crippen molar-refractivity contribution in [1.29, 1.82) is 0 Å². The average Bonchev–Trinajstić information content (AvgIpc) is 2.91. The molecule has 1 aliphatic heterocycles. The van der Waals surface area contributed by atoms with Crippen LogP contribution in [0.25, 0.3) is 0 Å². The maximum Gasteiger partial charge on any atom is 0.239 e. The molecule has 0 radical (unpaired) electrons. The largest absolute Gasteiger partial charge is 0.378 e. The van der Waals surface area contributed by atoms with E-state index in [2.05, 4.69) is 40.9 Å². The number of benzene rings is 1. The summed E-state index contributed by atoms with van der Waals surface area (Å²) in [6.45, 7) is 7.13. The summed E-state index contributed by atoms with van der Waals surface area (Å²) in [6.07, 6.45) is 0. The van der Waals surface area contributed by atoms with E-state index in [0.717, 1.165) is 30.0 Å². The maximum atomic E-state index is 12.1. The fraction of sp³-hybridized carbons (Fsp3) is 0.444. The average molecular weight is 365 g/mol. The third-order valence-electron chi connectivity index (χ3n) is 4.13. The van der Waals surface area contributed by atoms with Crippen molar-refractivity contribution in [3.8, 4) is 0 Å². The Morgan fingerprint density at radius 1 is 1.36 bits per heavy atom. The number of ether oxygens (including phenoxy) is 1. The SMILES string of the molecule is Cc1cc(C)n(Cc2cccc(CNC(=O)C3COCCN3)c2)n1.Cl. The minimum absolute atomic E-state index is 0. The molecule has 0 saturated carbocycles. The van der Waals surface area contributed by atoms with Crippen molar-refractivity contribution < 1.29 is 9.53 Å². The molecule has 2 heterocycles. The molecule has 1 aromatic heterocycles. The zero-order valence-electron chi connectivity index (χ0n) is 14.6. The van der Waals surface area contributed by atoms with Crippen LogP contribution >= 0.6 is 12.4 Å². The van der Waals surface area contributed by atoms with Crippen LogP contribution in [0.4, 0.5) is 0 Å². The Bertz CT molecular complexity index is 711. The van der Waals surface area contributed by atoms with E-state index in [1.807, 2.05) is 23.7 Å². The van der Waals surface area contributed by atoms with Gasteiger partial charge in [0.05, 0.1) is 25.5 Å². The van der Waals surface area contributed by atoms with E-state index in [1.165, 1.54) is 5.56 Å². The number of aryl methyl sites for hydroxylation is 2. The molecule has 0 spiro atoms. The molecule has 0 bridgehead atoms. The van der Waals surface area contributed by atoms with Crippen LogP contribution in [0.1, 0.15) is 22.5 Å². The first-order valence-corrected chi connectivity index (χ1v) is 8.29. The first-order valence-electron chi connectivity index (χ1n) is 8.29. The van der Waals surface area contributed by atoms with E-state index in [9.17, 15) is 4.79 Å². The number of morpholine rings is 1. The third kappa shape index (κ3) is 5.29. The van der Waals surface area contributed by atoms with Crippen LogP contribution in [0.15, 0.2) is 30.3 Å². The van der Waals surface area contributed by atoms with Crippen molar-refractivity contribution >= 4 is 18.3 Å². The molecule has 3 rings (SSSR count). The molecule has 25 heavy (non-hydrogen) atoms. The molecular weight excluding hydrogens is 340 g/mol. The van der Waals surface area contributed by atoms with E-state index in [1.54, 1.807) is 0 Å². The molecule has 1 fully saturated rings. The predicted molar refractivity (Wildman–Crippen MR) is 98.9 cm³/mol. The second-order valence-corrected chi connectivity index (χ2v) is 6.20. The summed E-state index contributed by atoms with van der Waals surface area (Å²) in [7, 11) is 0. The second-order valence-electron chi connectivity index (χ2n) is 6.20. The number of carbonyl (C=O) groups is 1. The van der Waals surface area contributed by atoms with Gasteiger partial charge in [-0.25, -0.2) is 0 Å². The van der Waals surface area contributed by atoms with Gasteiger partial charge in [-0.2, -0.15) is 5.10 Å². The van der Waals surface area contributed by atoms with E-state index >= 15 is 0 Å². The fourth-order valence-corrected chi connectivity index (χ4v) is 2.89. The number of rotatable bonds is 5. The Morgan fingerprint density at radius 3 is 2.84 bits per heavy atom. The van der Waals surface area contributed by atoms with Gasteiger partial charge >= 0.3 is 0 Å². The number of hydrogen-bond acceptors (Lipinski definition) is 4. The summed E-state index contributed by atoms with van der Waals surface area (Å²) in [5.74, 6) is -0.0151. The highest BCUT2D eigenvalue weighted by atomic mass is 35.5. The lowest BCUT2D eigenvalue weighted by atomic mass is 10.1. The van der Waals surface area contributed by atoms with Gasteiger partial charge in [-0.3, -0.25) is 9.48 Å². The van der Waals surface area contributed by atoms with Crippen molar-refractivity contribution in [2.75, 3.05) is 19.8 Å². The summed E-state index contributed by atoms with van der Waals surface area (Å²) >= 11 is 0. The van der Waals surface area contributed by atoms with Crippen molar-refractivity contribution in [2.45, 2.75) is 33.0 Å². The highest BCUT2D eigenvalue weighted by Crippen LogP contribution is 2.10. The van der Waals surface area contributed by atoms with Crippen LogP contribution in [0.5, 0.6) is 0 Å². The van der Waals surface area contributed by atoms with Crippen LogP contribution in [-0.2, 0) is 22.6 Å². The minimum atomic E-state index is -0.253. The Balaban J connectivity index is 0.00000225. The summed E-state index contributed by atoms with van der Waals surface area (Å²) in [5, 5.41) is 10.6. The van der Waals surface area contributed by atoms with Gasteiger partial charge in [-0.05, 0) is 31.0 Å². The van der Waals surface area contributed by atoms with Crippen molar-refractivity contribution in [3.63, 3.8) is 0 Å². The third-order valence-corrected chi connectivity index (χ3v) is 4.13. The highest BCUT2D eigenvalue weighted by molar-refractivity contribution is 5.85. The zero-order chi connectivity index (χ0) is 16.9. The van der Waals surface area contributed by atoms with E-state index in [4.69, 9.17) is 4.74 Å². The monoisotopic (exact) mass is 364 g/mol. The van der Waals surface area contributed by atoms with Crippen LogP contribution in [0.3, 0.4) is 0 Å². The molecule has 0 aliphatic carbocycles. The van der Waals surface area contributed by atoms with E-state index < -0.39 is 0 Å². The fourth-order valence-electron chi connectivity index (χ4n) is 2.89. The summed E-state index contributed by atoms with van der Waals surface area (Å²) < 4.78 is 7.32. The quantitative estimate of drug-likeness (QED) is 0.845. The van der Waals surface area contributed by atoms with E-state index in [0.29, 0.717) is 19.8 Å². The van der Waals surface area contributed by atoms with Crippen LogP contribution < -0.4 is 10.6 Å². The normalized spacial score (nSPS) is 17.0. The Labute approximate surface area is 154 Å². The van der Waals surface area contributed by atoms with Gasteiger partial charge in [-0.15, -0.1) is 12.4 Å². The number of carbonyl (C=O) groups excluding carboxylic acids is 1. The minimum Gasteiger partial charge on any atom is -0.378 e. The molecule has 2 aromatic rings. The van der Waals surface area contributed by atoms with Crippen molar-refractivity contribution in [3.05, 3.63) is 52.8 Å². The van der Waals surface area contributed by atoms with Gasteiger partial charge in [0.1, 0.15) is 6.04 Å². The summed E-state index contributed by atoms with van der Waals surface area (Å²) in [6, 6.07) is 10.1. The number of aromatic nitrogens is 2. The lowest BCUT2D eigenvalue weighted by Crippen LogP contribution is -2.51. The second kappa shape index (κ2) is 8.99. The van der Waals surface area contributed by atoms with Gasteiger partial charge < -0.3 is 15.4 Å². The standard InChI is InChI=1S/C18H24N4O2.ClH/c1-13-8-14(2)22(21-13)11-16-5-3-4-15(9-16)10-20-18(23)17-12-24-7-6-19-17;/h3-5,8-9,17,19H,6-7,10-12H2,1-2H3,(H,20,23);1H. The van der Waals surface area contributed by atoms with Crippen molar-refractivity contribution in [1.82, 2.24) is 20.4 Å². The van der Waals surface area contributed by atoms with Gasteiger partial charge in [0.15, 0.2) is 0 Å². The predicted octanol–water partition coefficient (Wildman–Crippen LogP) is 1.57. The number of nitrogens with one attached hydrogen (secondary N) is 2.